The summed E-state index contributed by atoms with van der Waals surface area (Å²) in [7, 11) is 2.14. The molecule has 0 fully saturated rings. The van der Waals surface area contributed by atoms with Crippen LogP contribution in [0.3, 0.4) is 0 Å². The van der Waals surface area contributed by atoms with Crippen LogP contribution in [0.15, 0.2) is 152 Å². The van der Waals surface area contributed by atoms with Crippen LogP contribution in [0.4, 0.5) is 5.69 Å². The number of nitrogens with zero attached hydrogens (tertiary/aromatic N) is 1. The molecule has 0 spiro atoms. The Balaban J connectivity index is 1.12. The van der Waals surface area contributed by atoms with E-state index in [0.29, 0.717) is 0 Å². The average Bonchev–Trinajstić information content (AvgIpc) is 3.47. The second kappa shape index (κ2) is 10.8. The molecule has 3 unspecified atom stereocenters. The maximum absolute atomic E-state index is 6.52. The zero-order chi connectivity index (χ0) is 30.6. The Hall–Kier alpha value is -5.58. The molecule has 0 aliphatic carbocycles. The summed E-state index contributed by atoms with van der Waals surface area (Å²) >= 11 is 0. The van der Waals surface area contributed by atoms with E-state index < -0.39 is 0 Å². The summed E-state index contributed by atoms with van der Waals surface area (Å²) < 4.78 is 6.52. The van der Waals surface area contributed by atoms with Crippen molar-refractivity contribution >= 4 is 43.7 Å². The van der Waals surface area contributed by atoms with E-state index >= 15 is 0 Å². The van der Waals surface area contributed by atoms with E-state index in [0.717, 1.165) is 22.7 Å². The number of hydrogen-bond donors (Lipinski definition) is 2. The number of anilines is 1. The molecular weight excluding hydrogens is 562 g/mol. The number of nitrogens with one attached hydrogen (secondary N) is 2. The lowest BCUT2D eigenvalue weighted by Gasteiger charge is -2.33. The highest BCUT2D eigenvalue weighted by Gasteiger charge is 2.32. The predicted octanol–water partition coefficient (Wildman–Crippen LogP) is 9.65. The van der Waals surface area contributed by atoms with E-state index in [-0.39, 0.29) is 18.4 Å². The van der Waals surface area contributed by atoms with Crippen molar-refractivity contribution in [1.82, 2.24) is 10.6 Å². The molecule has 4 nitrogen and oxygen atoms in total. The fourth-order valence-electron chi connectivity index (χ4n) is 7.20. The summed E-state index contributed by atoms with van der Waals surface area (Å²) in [6, 6.07) is 52.1. The first kappa shape index (κ1) is 26.8. The van der Waals surface area contributed by atoms with Crippen LogP contribution in [0.1, 0.15) is 40.7 Å². The van der Waals surface area contributed by atoms with Gasteiger partial charge in [-0.2, -0.15) is 0 Å². The second-order valence-electron chi connectivity index (χ2n) is 12.3. The molecule has 0 aromatic heterocycles. The summed E-state index contributed by atoms with van der Waals surface area (Å²) in [4.78, 5) is 2.27. The monoisotopic (exact) mass is 595 g/mol. The topological polar surface area (TPSA) is 36.5 Å². The lowest BCUT2D eigenvalue weighted by Crippen LogP contribution is -2.39. The van der Waals surface area contributed by atoms with E-state index in [4.69, 9.17) is 4.74 Å². The Labute approximate surface area is 268 Å². The van der Waals surface area contributed by atoms with Gasteiger partial charge in [0.05, 0.1) is 11.7 Å². The molecule has 46 heavy (non-hydrogen) atoms. The predicted molar refractivity (Wildman–Crippen MR) is 190 cm³/mol. The normalized spacial score (nSPS) is 19.1. The molecule has 7 aromatic rings. The fraction of sp³-hybridized carbons (Fsp3) is 0.0952. The molecule has 0 amide bonds. The van der Waals surface area contributed by atoms with Crippen LogP contribution in [0.2, 0.25) is 0 Å². The quantitative estimate of drug-likeness (QED) is 0.199. The van der Waals surface area contributed by atoms with E-state index in [1.807, 2.05) is 6.07 Å². The average molecular weight is 596 g/mol. The van der Waals surface area contributed by atoms with E-state index in [9.17, 15) is 0 Å². The van der Waals surface area contributed by atoms with Gasteiger partial charge in [0.2, 0.25) is 0 Å². The molecular formula is C42H33N3O. The fourth-order valence-corrected chi connectivity index (χ4v) is 7.20. The molecule has 3 atom stereocenters. The molecule has 9 rings (SSSR count). The Kier molecular flexibility index (Phi) is 6.29. The van der Waals surface area contributed by atoms with Gasteiger partial charge in [-0.25, -0.2) is 0 Å². The highest BCUT2D eigenvalue weighted by atomic mass is 16.5. The Bertz CT molecular complexity index is 2280. The maximum Gasteiger partial charge on any atom is 0.198 e. The summed E-state index contributed by atoms with van der Waals surface area (Å²) in [6.07, 6.45) is 2.08. The Morgan fingerprint density at radius 1 is 0.587 bits per heavy atom. The van der Waals surface area contributed by atoms with Crippen molar-refractivity contribution in [2.24, 2.45) is 0 Å². The van der Waals surface area contributed by atoms with Gasteiger partial charge in [-0.3, -0.25) is 5.32 Å². The third-order valence-electron chi connectivity index (χ3n) is 9.52. The number of benzene rings is 7. The van der Waals surface area contributed by atoms with Crippen LogP contribution in [-0.2, 0) is 0 Å². The van der Waals surface area contributed by atoms with Gasteiger partial charge in [0.15, 0.2) is 6.23 Å². The summed E-state index contributed by atoms with van der Waals surface area (Å²) in [5, 5.41) is 15.1. The van der Waals surface area contributed by atoms with Gasteiger partial charge < -0.3 is 15.0 Å². The van der Waals surface area contributed by atoms with Crippen molar-refractivity contribution < 1.29 is 4.74 Å². The number of hydrogen-bond acceptors (Lipinski definition) is 4. The third kappa shape index (κ3) is 4.49. The summed E-state index contributed by atoms with van der Waals surface area (Å²) in [5.41, 5.74) is 7.04. The van der Waals surface area contributed by atoms with Gasteiger partial charge in [0.25, 0.3) is 0 Å². The number of fused-ring (bicyclic) bond motifs is 6. The molecule has 0 radical (unpaired) electrons. The van der Waals surface area contributed by atoms with Crippen molar-refractivity contribution in [3.8, 4) is 5.75 Å². The zero-order valence-corrected chi connectivity index (χ0v) is 25.5. The first-order valence-electron chi connectivity index (χ1n) is 15.9. The maximum atomic E-state index is 6.52. The SMILES string of the molecule is CN1c2c(ccc3ccc4cc(C5NC(c6ccccc6)=CC(c6ccc7ccccc7c6)N5)ccc4c23)OC1c1ccccc1. The minimum atomic E-state index is -0.151. The lowest BCUT2D eigenvalue weighted by atomic mass is 9.94. The molecule has 2 heterocycles. The van der Waals surface area contributed by atoms with Crippen molar-refractivity contribution in [3.63, 3.8) is 0 Å². The Morgan fingerprint density at radius 2 is 1.26 bits per heavy atom. The van der Waals surface area contributed by atoms with Crippen molar-refractivity contribution in [1.29, 1.82) is 0 Å². The number of rotatable bonds is 4. The van der Waals surface area contributed by atoms with Gasteiger partial charge >= 0.3 is 0 Å². The minimum absolute atomic E-state index is 0.0438. The molecule has 4 heteroatoms. The lowest BCUT2D eigenvalue weighted by molar-refractivity contribution is 0.235. The second-order valence-corrected chi connectivity index (χ2v) is 12.3. The largest absolute Gasteiger partial charge is 0.464 e. The number of ether oxygens (including phenoxy) is 1. The van der Waals surface area contributed by atoms with Gasteiger partial charge in [0.1, 0.15) is 11.9 Å². The van der Waals surface area contributed by atoms with Crippen LogP contribution >= 0.6 is 0 Å². The van der Waals surface area contributed by atoms with Gasteiger partial charge in [0, 0.05) is 23.7 Å². The first-order chi connectivity index (χ1) is 22.7. The molecule has 222 valence electrons. The van der Waals surface area contributed by atoms with Crippen molar-refractivity contribution in [2.75, 3.05) is 11.9 Å². The van der Waals surface area contributed by atoms with Crippen molar-refractivity contribution in [3.05, 3.63) is 174 Å². The molecule has 0 bridgehead atoms. The zero-order valence-electron chi connectivity index (χ0n) is 25.5. The van der Waals surface area contributed by atoms with Crippen LogP contribution in [0.5, 0.6) is 5.75 Å². The van der Waals surface area contributed by atoms with Gasteiger partial charge in [-0.15, -0.1) is 0 Å². The van der Waals surface area contributed by atoms with Crippen LogP contribution in [0.25, 0.3) is 38.0 Å². The molecule has 2 aliphatic rings. The van der Waals surface area contributed by atoms with Crippen LogP contribution < -0.4 is 20.3 Å². The van der Waals surface area contributed by atoms with Crippen LogP contribution in [0, 0.1) is 0 Å². The smallest absolute Gasteiger partial charge is 0.198 e. The van der Waals surface area contributed by atoms with Gasteiger partial charge in [-0.05, 0) is 67.9 Å². The molecule has 2 N–H and O–H groups in total. The summed E-state index contributed by atoms with van der Waals surface area (Å²) in [5.74, 6) is 0.923. The molecule has 7 aromatic carbocycles. The van der Waals surface area contributed by atoms with Gasteiger partial charge in [-0.1, -0.05) is 127 Å². The molecule has 2 aliphatic heterocycles. The minimum Gasteiger partial charge on any atom is -0.464 e. The van der Waals surface area contributed by atoms with E-state index in [1.54, 1.807) is 0 Å². The molecule has 0 saturated heterocycles. The highest BCUT2D eigenvalue weighted by Crippen LogP contribution is 2.48. The third-order valence-corrected chi connectivity index (χ3v) is 9.52. The standard InChI is InChI=1S/C42H33N3O/c1-45-40-38(46-42(45)30-13-6-3-7-14-30)23-21-29-17-18-32-25-34(20-22-35(32)39(29)40)41-43-36(28-11-4-2-5-12-28)26-37(44-41)33-19-16-27-10-8-9-15-31(27)24-33/h2-26,37,41-44H,1H3. The first-order valence-corrected chi connectivity index (χ1v) is 15.9. The van der Waals surface area contributed by atoms with Crippen molar-refractivity contribution in [2.45, 2.75) is 18.4 Å². The van der Waals surface area contributed by atoms with E-state index in [1.165, 1.54) is 49.0 Å². The van der Waals surface area contributed by atoms with E-state index in [2.05, 4.69) is 168 Å². The Morgan fingerprint density at radius 3 is 2.11 bits per heavy atom. The molecule has 0 saturated carbocycles. The van der Waals surface area contributed by atoms with Crippen LogP contribution in [-0.4, -0.2) is 7.05 Å². The highest BCUT2D eigenvalue weighted by molar-refractivity contribution is 6.15. The summed E-state index contributed by atoms with van der Waals surface area (Å²) in [6.45, 7) is 0.